The molecule has 1 heterocycles. The molecule has 0 aliphatic carbocycles. The standard InChI is InChI=1S/C15H29NO2/c1-12(2)13-7-6-9-16(10-8-13)11-15(3,4)14(17)18-5/h12-13H,6-11H2,1-5H3. The zero-order valence-electron chi connectivity index (χ0n) is 12.7. The molecule has 0 aromatic heterocycles. The number of methoxy groups -OCH3 is 1. The van der Waals surface area contributed by atoms with Gasteiger partial charge in [-0.05, 0) is 58.0 Å². The lowest BCUT2D eigenvalue weighted by Crippen LogP contribution is -2.40. The summed E-state index contributed by atoms with van der Waals surface area (Å²) in [6.07, 6.45) is 3.84. The third kappa shape index (κ3) is 4.27. The molecule has 0 aromatic rings. The lowest BCUT2D eigenvalue weighted by Gasteiger charge is -2.29. The molecule has 0 N–H and O–H groups in total. The number of nitrogens with zero attached hydrogens (tertiary/aromatic N) is 1. The zero-order valence-corrected chi connectivity index (χ0v) is 12.7. The molecule has 1 rings (SSSR count). The number of hydrogen-bond donors (Lipinski definition) is 0. The van der Waals surface area contributed by atoms with Gasteiger partial charge in [0.15, 0.2) is 0 Å². The number of rotatable bonds is 4. The maximum Gasteiger partial charge on any atom is 0.312 e. The minimum absolute atomic E-state index is 0.104. The Morgan fingerprint density at radius 3 is 2.56 bits per heavy atom. The third-order valence-corrected chi connectivity index (χ3v) is 4.17. The SMILES string of the molecule is COC(=O)C(C)(C)CN1CCCC(C(C)C)CC1. The van der Waals surface area contributed by atoms with Gasteiger partial charge in [0.2, 0.25) is 0 Å². The summed E-state index contributed by atoms with van der Waals surface area (Å²) in [6, 6.07) is 0. The summed E-state index contributed by atoms with van der Waals surface area (Å²) < 4.78 is 4.88. The fourth-order valence-corrected chi connectivity index (χ4v) is 2.91. The maximum atomic E-state index is 11.7. The predicted octanol–water partition coefficient (Wildman–Crippen LogP) is 2.94. The van der Waals surface area contributed by atoms with Crippen LogP contribution in [0, 0.1) is 17.3 Å². The van der Waals surface area contributed by atoms with Gasteiger partial charge in [-0.1, -0.05) is 13.8 Å². The van der Waals surface area contributed by atoms with Gasteiger partial charge in [0.1, 0.15) is 0 Å². The minimum Gasteiger partial charge on any atom is -0.469 e. The van der Waals surface area contributed by atoms with E-state index in [1.807, 2.05) is 13.8 Å². The number of hydrogen-bond acceptors (Lipinski definition) is 3. The second kappa shape index (κ2) is 6.55. The second-order valence-electron chi connectivity index (χ2n) is 6.59. The van der Waals surface area contributed by atoms with Gasteiger partial charge in [0, 0.05) is 6.54 Å². The highest BCUT2D eigenvalue weighted by atomic mass is 16.5. The van der Waals surface area contributed by atoms with E-state index in [4.69, 9.17) is 4.74 Å². The van der Waals surface area contributed by atoms with Crippen molar-refractivity contribution in [2.24, 2.45) is 17.3 Å². The van der Waals surface area contributed by atoms with Gasteiger partial charge in [-0.2, -0.15) is 0 Å². The van der Waals surface area contributed by atoms with Gasteiger partial charge in [0.25, 0.3) is 0 Å². The highest BCUT2D eigenvalue weighted by Gasteiger charge is 2.32. The van der Waals surface area contributed by atoms with Crippen molar-refractivity contribution < 1.29 is 9.53 Å². The summed E-state index contributed by atoms with van der Waals surface area (Å²) in [4.78, 5) is 14.1. The van der Waals surface area contributed by atoms with Gasteiger partial charge in [0.05, 0.1) is 12.5 Å². The molecule has 18 heavy (non-hydrogen) atoms. The lowest BCUT2D eigenvalue weighted by atomic mass is 9.89. The van der Waals surface area contributed by atoms with E-state index in [1.54, 1.807) is 0 Å². The molecule has 3 heteroatoms. The fraction of sp³-hybridized carbons (Fsp3) is 0.933. The molecule has 0 radical (unpaired) electrons. The van der Waals surface area contributed by atoms with E-state index < -0.39 is 5.41 Å². The molecule has 0 amide bonds. The Morgan fingerprint density at radius 2 is 2.00 bits per heavy atom. The van der Waals surface area contributed by atoms with Gasteiger partial charge in [-0.15, -0.1) is 0 Å². The zero-order chi connectivity index (χ0) is 13.8. The first-order valence-electron chi connectivity index (χ1n) is 7.17. The van der Waals surface area contributed by atoms with Crippen LogP contribution in [0.15, 0.2) is 0 Å². The first-order valence-corrected chi connectivity index (χ1v) is 7.17. The molecule has 1 atom stereocenters. The molecule has 0 aromatic carbocycles. The Labute approximate surface area is 112 Å². The molecule has 1 saturated heterocycles. The number of esters is 1. The lowest BCUT2D eigenvalue weighted by molar-refractivity contribution is -0.151. The highest BCUT2D eigenvalue weighted by molar-refractivity contribution is 5.76. The van der Waals surface area contributed by atoms with Gasteiger partial charge < -0.3 is 9.64 Å². The molecule has 0 saturated carbocycles. The molecule has 1 fully saturated rings. The number of carbonyl (C=O) groups excluding carboxylic acids is 1. The van der Waals surface area contributed by atoms with Crippen molar-refractivity contribution >= 4 is 5.97 Å². The maximum absolute atomic E-state index is 11.7. The average molecular weight is 255 g/mol. The third-order valence-electron chi connectivity index (χ3n) is 4.17. The van der Waals surface area contributed by atoms with Gasteiger partial charge in [-0.3, -0.25) is 4.79 Å². The van der Waals surface area contributed by atoms with Crippen molar-refractivity contribution in [1.82, 2.24) is 4.90 Å². The van der Waals surface area contributed by atoms with Crippen LogP contribution in [-0.4, -0.2) is 37.6 Å². The van der Waals surface area contributed by atoms with E-state index in [-0.39, 0.29) is 5.97 Å². The summed E-state index contributed by atoms with van der Waals surface area (Å²) >= 11 is 0. The Balaban J connectivity index is 2.51. The van der Waals surface area contributed by atoms with E-state index in [0.29, 0.717) is 0 Å². The molecule has 0 spiro atoms. The van der Waals surface area contributed by atoms with E-state index in [2.05, 4.69) is 18.7 Å². The average Bonchev–Trinajstić information content (AvgIpc) is 2.53. The summed E-state index contributed by atoms with van der Waals surface area (Å²) in [6.45, 7) is 11.6. The number of ether oxygens (including phenoxy) is 1. The highest BCUT2D eigenvalue weighted by Crippen LogP contribution is 2.27. The van der Waals surface area contributed by atoms with Crippen LogP contribution in [0.4, 0.5) is 0 Å². The summed E-state index contributed by atoms with van der Waals surface area (Å²) in [7, 11) is 1.47. The molecule has 106 valence electrons. The largest absolute Gasteiger partial charge is 0.469 e. The molecule has 1 aliphatic heterocycles. The molecule has 0 bridgehead atoms. The minimum atomic E-state index is -0.396. The first kappa shape index (κ1) is 15.5. The first-order chi connectivity index (χ1) is 8.36. The van der Waals surface area contributed by atoms with E-state index in [0.717, 1.165) is 31.5 Å². The molecular formula is C15H29NO2. The van der Waals surface area contributed by atoms with Crippen LogP contribution < -0.4 is 0 Å². The Kier molecular flexibility index (Phi) is 5.64. The summed E-state index contributed by atoms with van der Waals surface area (Å²) in [5.74, 6) is 1.52. The summed E-state index contributed by atoms with van der Waals surface area (Å²) in [5.41, 5.74) is -0.396. The van der Waals surface area contributed by atoms with Crippen LogP contribution in [0.2, 0.25) is 0 Å². The normalized spacial score (nSPS) is 22.9. The van der Waals surface area contributed by atoms with E-state index >= 15 is 0 Å². The van der Waals surface area contributed by atoms with Crippen molar-refractivity contribution in [3.63, 3.8) is 0 Å². The smallest absolute Gasteiger partial charge is 0.312 e. The van der Waals surface area contributed by atoms with E-state index in [9.17, 15) is 4.79 Å². The van der Waals surface area contributed by atoms with Crippen LogP contribution in [0.5, 0.6) is 0 Å². The van der Waals surface area contributed by atoms with Crippen LogP contribution in [0.25, 0.3) is 0 Å². The Hall–Kier alpha value is -0.570. The molecule has 3 nitrogen and oxygen atoms in total. The van der Waals surface area contributed by atoms with Crippen LogP contribution in [0.1, 0.15) is 47.0 Å². The van der Waals surface area contributed by atoms with E-state index in [1.165, 1.54) is 26.4 Å². The van der Waals surface area contributed by atoms with Crippen LogP contribution >= 0.6 is 0 Å². The van der Waals surface area contributed by atoms with Crippen molar-refractivity contribution in [3.05, 3.63) is 0 Å². The van der Waals surface area contributed by atoms with Crippen LogP contribution in [0.3, 0.4) is 0 Å². The van der Waals surface area contributed by atoms with Gasteiger partial charge >= 0.3 is 5.97 Å². The molecule has 1 unspecified atom stereocenters. The Morgan fingerprint density at radius 1 is 1.33 bits per heavy atom. The quantitative estimate of drug-likeness (QED) is 0.723. The number of carbonyl (C=O) groups is 1. The summed E-state index contributed by atoms with van der Waals surface area (Å²) in [5, 5.41) is 0. The number of likely N-dealkylation sites (tertiary alicyclic amines) is 1. The predicted molar refractivity (Wildman–Crippen MR) is 74.4 cm³/mol. The molecule has 1 aliphatic rings. The topological polar surface area (TPSA) is 29.5 Å². The van der Waals surface area contributed by atoms with Crippen molar-refractivity contribution in [1.29, 1.82) is 0 Å². The monoisotopic (exact) mass is 255 g/mol. The van der Waals surface area contributed by atoms with Crippen molar-refractivity contribution in [2.45, 2.75) is 47.0 Å². The second-order valence-corrected chi connectivity index (χ2v) is 6.59. The Bertz CT molecular complexity index is 274. The molecular weight excluding hydrogens is 226 g/mol. The van der Waals surface area contributed by atoms with Crippen LogP contribution in [-0.2, 0) is 9.53 Å². The van der Waals surface area contributed by atoms with Crippen molar-refractivity contribution in [2.75, 3.05) is 26.7 Å². The van der Waals surface area contributed by atoms with Crippen molar-refractivity contribution in [3.8, 4) is 0 Å². The fourth-order valence-electron chi connectivity index (χ4n) is 2.91. The van der Waals surface area contributed by atoms with Gasteiger partial charge in [-0.25, -0.2) is 0 Å².